The molecule has 122 valence electrons. The maximum Gasteiger partial charge on any atom is 0.243 e. The lowest BCUT2D eigenvalue weighted by Crippen LogP contribution is -2.30. The molecule has 1 saturated heterocycles. The summed E-state index contributed by atoms with van der Waals surface area (Å²) in [5, 5.41) is 2.95. The Hall–Kier alpha value is -1.99. The third kappa shape index (κ3) is 3.07. The van der Waals surface area contributed by atoms with Crippen molar-refractivity contribution in [1.29, 1.82) is 0 Å². The molecule has 1 aliphatic rings. The van der Waals surface area contributed by atoms with Crippen molar-refractivity contribution >= 4 is 15.8 Å². The molecule has 5 nitrogen and oxygen atoms in total. The number of pyridine rings is 1. The monoisotopic (exact) mass is 335 g/mol. The quantitative estimate of drug-likeness (QED) is 0.933. The number of hydrogen-bond donors (Lipinski definition) is 1. The molecule has 0 saturated carbocycles. The van der Waals surface area contributed by atoms with Gasteiger partial charge < -0.3 is 5.32 Å². The molecule has 1 aromatic carbocycles. The van der Waals surface area contributed by atoms with E-state index in [1.807, 2.05) is 12.1 Å². The van der Waals surface area contributed by atoms with Gasteiger partial charge in [0.1, 0.15) is 11.6 Å². The molecule has 23 heavy (non-hydrogen) atoms. The van der Waals surface area contributed by atoms with Crippen LogP contribution in [0.4, 0.5) is 10.2 Å². The first-order chi connectivity index (χ1) is 11.0. The normalized spacial score (nSPS) is 19.0. The summed E-state index contributed by atoms with van der Waals surface area (Å²) in [4.78, 5) is 4.15. The van der Waals surface area contributed by atoms with E-state index in [9.17, 15) is 12.8 Å². The largest absolute Gasteiger partial charge is 0.373 e. The molecule has 0 unspecified atom stereocenters. The molecule has 0 spiro atoms. The van der Waals surface area contributed by atoms with E-state index in [-0.39, 0.29) is 10.9 Å². The first-order valence-electron chi connectivity index (χ1n) is 7.43. The Morgan fingerprint density at radius 1 is 1.30 bits per heavy atom. The van der Waals surface area contributed by atoms with Crippen LogP contribution in [0.25, 0.3) is 0 Å². The van der Waals surface area contributed by atoms with Gasteiger partial charge in [-0.25, -0.2) is 17.8 Å². The summed E-state index contributed by atoms with van der Waals surface area (Å²) in [6, 6.07) is 8.57. The summed E-state index contributed by atoms with van der Waals surface area (Å²) in [5.41, 5.74) is 0.891. The fourth-order valence-electron chi connectivity index (χ4n) is 2.91. The number of sulfonamides is 1. The van der Waals surface area contributed by atoms with E-state index >= 15 is 0 Å². The van der Waals surface area contributed by atoms with Crippen LogP contribution in [0.15, 0.2) is 47.5 Å². The number of aromatic nitrogens is 1. The van der Waals surface area contributed by atoms with E-state index in [1.54, 1.807) is 13.2 Å². The molecule has 1 aliphatic heterocycles. The van der Waals surface area contributed by atoms with E-state index in [0.717, 1.165) is 24.5 Å². The fraction of sp³-hybridized carbons (Fsp3) is 0.312. The lowest BCUT2D eigenvalue weighted by molar-refractivity contribution is 0.396. The number of rotatable bonds is 4. The first kappa shape index (κ1) is 15.9. The van der Waals surface area contributed by atoms with Crippen LogP contribution in [0.2, 0.25) is 0 Å². The van der Waals surface area contributed by atoms with Crippen LogP contribution in [-0.2, 0) is 10.0 Å². The Balaban J connectivity index is 1.97. The van der Waals surface area contributed by atoms with Crippen LogP contribution in [0.3, 0.4) is 0 Å². The summed E-state index contributed by atoms with van der Waals surface area (Å²) in [6.45, 7) is 0.431. The Bertz CT molecular complexity index is 810. The molecule has 1 N–H and O–H groups in total. The lowest BCUT2D eigenvalue weighted by atomic mass is 10.1. The number of nitrogens with one attached hydrogen (secondary N) is 1. The molecular weight excluding hydrogens is 317 g/mol. The highest BCUT2D eigenvalue weighted by atomic mass is 32.2. The van der Waals surface area contributed by atoms with Gasteiger partial charge in [-0.1, -0.05) is 6.07 Å². The Morgan fingerprint density at radius 3 is 2.87 bits per heavy atom. The third-order valence-electron chi connectivity index (χ3n) is 4.03. The number of nitrogens with zero attached hydrogens (tertiary/aromatic N) is 2. The van der Waals surface area contributed by atoms with Gasteiger partial charge in [-0.2, -0.15) is 4.31 Å². The topological polar surface area (TPSA) is 62.3 Å². The van der Waals surface area contributed by atoms with E-state index in [2.05, 4.69) is 10.3 Å². The molecule has 1 fully saturated rings. The van der Waals surface area contributed by atoms with Crippen molar-refractivity contribution in [2.45, 2.75) is 23.8 Å². The maximum atomic E-state index is 13.4. The molecule has 0 radical (unpaired) electrons. The molecular formula is C16H18FN3O2S. The van der Waals surface area contributed by atoms with Crippen molar-refractivity contribution in [3.8, 4) is 0 Å². The zero-order valence-electron chi connectivity index (χ0n) is 12.7. The van der Waals surface area contributed by atoms with Gasteiger partial charge in [0.05, 0.1) is 10.9 Å². The van der Waals surface area contributed by atoms with Gasteiger partial charge in [-0.3, -0.25) is 0 Å². The number of halogens is 1. The van der Waals surface area contributed by atoms with Gasteiger partial charge in [0, 0.05) is 19.8 Å². The second-order valence-electron chi connectivity index (χ2n) is 5.46. The predicted octanol–water partition coefficient (Wildman–Crippen LogP) is 2.79. The molecule has 0 bridgehead atoms. The van der Waals surface area contributed by atoms with Crippen LogP contribution in [0.1, 0.15) is 24.4 Å². The van der Waals surface area contributed by atoms with Crippen LogP contribution in [0.5, 0.6) is 0 Å². The average molecular weight is 335 g/mol. The lowest BCUT2D eigenvalue weighted by Gasteiger charge is -2.24. The SMILES string of the molecule is CNc1cc([C@H]2CCCN2S(=O)(=O)c2cccc(F)c2)ccn1. The molecule has 3 rings (SSSR count). The minimum Gasteiger partial charge on any atom is -0.373 e. The minimum absolute atomic E-state index is 0.00713. The van der Waals surface area contributed by atoms with Crippen LogP contribution in [-0.4, -0.2) is 31.3 Å². The molecule has 1 atom stereocenters. The van der Waals surface area contributed by atoms with Crippen molar-refractivity contribution < 1.29 is 12.8 Å². The van der Waals surface area contributed by atoms with Crippen LogP contribution >= 0.6 is 0 Å². The highest BCUT2D eigenvalue weighted by molar-refractivity contribution is 7.89. The fourth-order valence-corrected chi connectivity index (χ4v) is 4.63. The Labute approximate surface area is 135 Å². The van der Waals surface area contributed by atoms with Gasteiger partial charge in [0.25, 0.3) is 0 Å². The summed E-state index contributed by atoms with van der Waals surface area (Å²) in [6.07, 6.45) is 3.17. The van der Waals surface area contributed by atoms with Crippen molar-refractivity contribution in [2.75, 3.05) is 18.9 Å². The van der Waals surface area contributed by atoms with E-state index in [4.69, 9.17) is 0 Å². The highest BCUT2D eigenvalue weighted by Gasteiger charge is 2.36. The molecule has 0 aliphatic carbocycles. The van der Waals surface area contributed by atoms with E-state index in [0.29, 0.717) is 12.4 Å². The summed E-state index contributed by atoms with van der Waals surface area (Å²) in [5.74, 6) is 0.140. The van der Waals surface area contributed by atoms with Gasteiger partial charge in [0.2, 0.25) is 10.0 Å². The summed E-state index contributed by atoms with van der Waals surface area (Å²) in [7, 11) is -1.96. The minimum atomic E-state index is -3.73. The third-order valence-corrected chi connectivity index (χ3v) is 5.94. The van der Waals surface area contributed by atoms with Crippen molar-refractivity contribution in [3.05, 3.63) is 54.0 Å². The van der Waals surface area contributed by atoms with Gasteiger partial charge in [-0.15, -0.1) is 0 Å². The summed E-state index contributed by atoms with van der Waals surface area (Å²) < 4.78 is 40.6. The average Bonchev–Trinajstić information content (AvgIpc) is 3.05. The highest BCUT2D eigenvalue weighted by Crippen LogP contribution is 2.36. The van der Waals surface area contributed by atoms with E-state index in [1.165, 1.54) is 22.5 Å². The van der Waals surface area contributed by atoms with Gasteiger partial charge in [0.15, 0.2) is 0 Å². The van der Waals surface area contributed by atoms with Gasteiger partial charge >= 0.3 is 0 Å². The molecule has 1 aromatic heterocycles. The Kier molecular flexibility index (Phi) is 4.32. The number of anilines is 1. The molecule has 7 heteroatoms. The number of hydrogen-bond acceptors (Lipinski definition) is 4. The van der Waals surface area contributed by atoms with Crippen LogP contribution < -0.4 is 5.32 Å². The van der Waals surface area contributed by atoms with Crippen LogP contribution in [0, 0.1) is 5.82 Å². The van der Waals surface area contributed by atoms with Gasteiger partial charge in [-0.05, 0) is 48.7 Å². The maximum absolute atomic E-state index is 13.4. The first-order valence-corrected chi connectivity index (χ1v) is 8.87. The predicted molar refractivity (Wildman–Crippen MR) is 86.1 cm³/mol. The molecule has 2 heterocycles. The van der Waals surface area contributed by atoms with Crippen molar-refractivity contribution in [2.24, 2.45) is 0 Å². The zero-order chi connectivity index (χ0) is 16.4. The smallest absolute Gasteiger partial charge is 0.243 e. The second-order valence-corrected chi connectivity index (χ2v) is 7.35. The molecule has 2 aromatic rings. The number of benzene rings is 1. The van der Waals surface area contributed by atoms with E-state index < -0.39 is 15.8 Å². The Morgan fingerprint density at radius 2 is 2.13 bits per heavy atom. The zero-order valence-corrected chi connectivity index (χ0v) is 13.6. The standard InChI is InChI=1S/C16H18FN3O2S/c1-18-16-10-12(7-8-19-16)15-6-3-9-20(15)23(21,22)14-5-2-4-13(17)11-14/h2,4-5,7-8,10-11,15H,3,6,9H2,1H3,(H,18,19)/t15-/m1/s1. The van der Waals surface area contributed by atoms with Crippen molar-refractivity contribution in [1.82, 2.24) is 9.29 Å². The second kappa shape index (κ2) is 6.25. The van der Waals surface area contributed by atoms with Crippen molar-refractivity contribution in [3.63, 3.8) is 0 Å². The summed E-state index contributed by atoms with van der Waals surface area (Å²) >= 11 is 0. The molecule has 0 amide bonds.